The number of carbonyl (C=O) groups is 5. The lowest BCUT2D eigenvalue weighted by molar-refractivity contribution is -0.136. The number of hydrogen-bond acceptors (Lipinski definition) is 11. The second kappa shape index (κ2) is 13.4. The number of amides is 5. The lowest BCUT2D eigenvalue weighted by Gasteiger charge is -2.34. The first-order valence-corrected chi connectivity index (χ1v) is 17.8. The van der Waals surface area contributed by atoms with Crippen molar-refractivity contribution in [3.8, 4) is 0 Å². The molecule has 5 amide bonds. The first-order valence-electron chi connectivity index (χ1n) is 17.8. The number of nitrogens with two attached hydrogens (primary N) is 1. The molecule has 0 radical (unpaired) electrons. The summed E-state index contributed by atoms with van der Waals surface area (Å²) in [5.74, 6) is -0.503. The minimum Gasteiger partial charge on any atom is -0.371 e. The molecule has 51 heavy (non-hydrogen) atoms. The molecule has 4 N–H and O–H groups in total. The summed E-state index contributed by atoms with van der Waals surface area (Å²) in [6.45, 7) is 6.65. The Labute approximate surface area is 295 Å². The molecule has 0 bridgehead atoms. The summed E-state index contributed by atoms with van der Waals surface area (Å²) in [6, 6.07) is 12.7. The zero-order valence-electron chi connectivity index (χ0n) is 28.3. The molecular weight excluding hydrogens is 650 g/mol. The topological polar surface area (TPSA) is 174 Å². The van der Waals surface area contributed by atoms with Crippen LogP contribution < -0.4 is 26.2 Å². The second-order valence-corrected chi connectivity index (χ2v) is 14.2. The Morgan fingerprint density at radius 1 is 0.882 bits per heavy atom. The van der Waals surface area contributed by atoms with Crippen LogP contribution in [0.15, 0.2) is 48.7 Å². The highest BCUT2D eigenvalue weighted by Crippen LogP contribution is 2.34. The fourth-order valence-corrected chi connectivity index (χ4v) is 8.01. The van der Waals surface area contributed by atoms with Crippen molar-refractivity contribution in [1.82, 2.24) is 25.1 Å². The van der Waals surface area contributed by atoms with Crippen molar-refractivity contribution in [2.75, 3.05) is 60.9 Å². The van der Waals surface area contributed by atoms with Crippen LogP contribution in [0.25, 0.3) is 0 Å². The highest BCUT2D eigenvalue weighted by molar-refractivity contribution is 6.23. The van der Waals surface area contributed by atoms with Gasteiger partial charge in [-0.25, -0.2) is 9.97 Å². The van der Waals surface area contributed by atoms with Gasteiger partial charge < -0.3 is 25.8 Å². The third kappa shape index (κ3) is 6.39. The SMILES string of the molecule is NC(=O)c1ncc(N2CCC2)nc1Nc1ccc(C2CCN(C[C@H]3CCN(c4ccc5c(c4)C(=O)N(C4CCC(=O)NC4=O)C5=O)C3)CC2)cc1. The number of imide groups is 2. The van der Waals surface area contributed by atoms with Gasteiger partial charge in [0.2, 0.25) is 11.8 Å². The standard InChI is InChI=1S/C37H41N9O5/c38-33(48)32-34(41-30(19-39-32)44-13-1-14-44)40-25-4-2-23(3-5-25)24-11-15-43(16-12-24)20-22-10-17-45(21-22)26-6-7-27-28(18-26)37(51)46(36(27)50)29-8-9-31(47)42-35(29)49/h2-7,18-19,22,24,29H,1,8-17,20-21H2,(H2,38,48)(H,40,41)(H,42,47,49)/t22-,29?/m1/s1. The van der Waals surface area contributed by atoms with E-state index in [1.807, 2.05) is 18.2 Å². The molecule has 5 aliphatic rings. The number of likely N-dealkylation sites (tertiary alicyclic amines) is 1. The lowest BCUT2D eigenvalue weighted by atomic mass is 9.89. The van der Waals surface area contributed by atoms with Crippen LogP contribution in [0.2, 0.25) is 0 Å². The van der Waals surface area contributed by atoms with E-state index in [-0.39, 0.29) is 24.4 Å². The van der Waals surface area contributed by atoms with Crippen molar-refractivity contribution in [3.05, 3.63) is 71.0 Å². The quantitative estimate of drug-likeness (QED) is 0.282. The summed E-state index contributed by atoms with van der Waals surface area (Å²) >= 11 is 0. The first-order chi connectivity index (χ1) is 24.7. The summed E-state index contributed by atoms with van der Waals surface area (Å²) in [4.78, 5) is 79.3. The van der Waals surface area contributed by atoms with Crippen LogP contribution in [-0.2, 0) is 9.59 Å². The van der Waals surface area contributed by atoms with Gasteiger partial charge in [0, 0.05) is 50.5 Å². The Hall–Kier alpha value is -5.37. The Kier molecular flexibility index (Phi) is 8.62. The van der Waals surface area contributed by atoms with Crippen LogP contribution in [0.1, 0.15) is 81.2 Å². The third-order valence-corrected chi connectivity index (χ3v) is 11.0. The minimum atomic E-state index is -0.966. The van der Waals surface area contributed by atoms with Crippen molar-refractivity contribution < 1.29 is 24.0 Å². The molecule has 4 saturated heterocycles. The van der Waals surface area contributed by atoms with Gasteiger partial charge in [0.15, 0.2) is 11.5 Å². The molecule has 0 spiro atoms. The number of fused-ring (bicyclic) bond motifs is 1. The molecule has 8 rings (SSSR count). The third-order valence-electron chi connectivity index (χ3n) is 11.0. The van der Waals surface area contributed by atoms with Crippen molar-refractivity contribution >= 4 is 52.5 Å². The van der Waals surface area contributed by atoms with Crippen molar-refractivity contribution in [3.63, 3.8) is 0 Å². The Balaban J connectivity index is 0.836. The number of nitrogens with zero attached hydrogens (tertiary/aromatic N) is 6. The summed E-state index contributed by atoms with van der Waals surface area (Å²) in [7, 11) is 0. The average molecular weight is 692 g/mol. The number of benzene rings is 2. The highest BCUT2D eigenvalue weighted by atomic mass is 16.2. The molecule has 14 heteroatoms. The van der Waals surface area contributed by atoms with Gasteiger partial charge in [0.1, 0.15) is 11.9 Å². The predicted octanol–water partition coefficient (Wildman–Crippen LogP) is 2.64. The smallest absolute Gasteiger partial charge is 0.271 e. The van der Waals surface area contributed by atoms with E-state index in [0.29, 0.717) is 28.8 Å². The number of aromatic nitrogens is 2. The van der Waals surface area contributed by atoms with E-state index in [1.165, 1.54) is 5.56 Å². The maximum absolute atomic E-state index is 13.3. The zero-order valence-corrected chi connectivity index (χ0v) is 28.3. The van der Waals surface area contributed by atoms with Crippen molar-refractivity contribution in [2.45, 2.75) is 50.5 Å². The maximum Gasteiger partial charge on any atom is 0.271 e. The molecule has 1 unspecified atom stereocenters. The van der Waals surface area contributed by atoms with E-state index in [4.69, 9.17) is 5.73 Å². The number of hydrogen-bond donors (Lipinski definition) is 3. The first kappa shape index (κ1) is 32.8. The van der Waals surface area contributed by atoms with Gasteiger partial charge in [-0.15, -0.1) is 0 Å². The molecule has 2 aromatic carbocycles. The normalized spacial score (nSPS) is 22.6. The Bertz CT molecular complexity index is 1900. The van der Waals surface area contributed by atoms with E-state index < -0.39 is 29.7 Å². The lowest BCUT2D eigenvalue weighted by Crippen LogP contribution is -2.54. The van der Waals surface area contributed by atoms with E-state index in [0.717, 1.165) is 93.6 Å². The molecule has 2 atom stereocenters. The Morgan fingerprint density at radius 2 is 1.65 bits per heavy atom. The molecule has 0 saturated carbocycles. The van der Waals surface area contributed by atoms with Gasteiger partial charge in [-0.2, -0.15) is 0 Å². The highest BCUT2D eigenvalue weighted by Gasteiger charge is 2.45. The summed E-state index contributed by atoms with van der Waals surface area (Å²) in [6.07, 6.45) is 6.15. The van der Waals surface area contributed by atoms with Crippen LogP contribution >= 0.6 is 0 Å². The van der Waals surface area contributed by atoms with Gasteiger partial charge in [0.25, 0.3) is 17.7 Å². The number of rotatable bonds is 9. The van der Waals surface area contributed by atoms with E-state index >= 15 is 0 Å². The van der Waals surface area contributed by atoms with Crippen molar-refractivity contribution in [1.29, 1.82) is 0 Å². The predicted molar refractivity (Wildman–Crippen MR) is 189 cm³/mol. The summed E-state index contributed by atoms with van der Waals surface area (Å²) < 4.78 is 0. The fourth-order valence-electron chi connectivity index (χ4n) is 8.01. The summed E-state index contributed by atoms with van der Waals surface area (Å²) in [5, 5.41) is 5.50. The molecule has 5 aliphatic heterocycles. The van der Waals surface area contributed by atoms with E-state index in [2.05, 4.69) is 47.4 Å². The van der Waals surface area contributed by atoms with Gasteiger partial charge in [-0.3, -0.25) is 34.2 Å². The number of primary amides is 1. The molecular formula is C37H41N9O5. The minimum absolute atomic E-state index is 0.0967. The van der Waals surface area contributed by atoms with Crippen LogP contribution in [0, 0.1) is 5.92 Å². The molecule has 6 heterocycles. The largest absolute Gasteiger partial charge is 0.371 e. The van der Waals surface area contributed by atoms with Crippen LogP contribution in [0.4, 0.5) is 23.0 Å². The molecule has 264 valence electrons. The van der Waals surface area contributed by atoms with Gasteiger partial charge >= 0.3 is 0 Å². The molecule has 4 fully saturated rings. The molecule has 1 aromatic heterocycles. The molecule has 3 aromatic rings. The monoisotopic (exact) mass is 691 g/mol. The van der Waals surface area contributed by atoms with Crippen LogP contribution in [-0.4, -0.2) is 101 Å². The maximum atomic E-state index is 13.3. The van der Waals surface area contributed by atoms with Gasteiger partial charge in [0.05, 0.1) is 17.3 Å². The van der Waals surface area contributed by atoms with E-state index in [9.17, 15) is 24.0 Å². The number of carbonyl (C=O) groups excluding carboxylic acids is 5. The molecule has 14 nitrogen and oxygen atoms in total. The summed E-state index contributed by atoms with van der Waals surface area (Å²) in [5.41, 5.74) is 9.34. The van der Waals surface area contributed by atoms with Gasteiger partial charge in [-0.1, -0.05) is 12.1 Å². The second-order valence-electron chi connectivity index (χ2n) is 14.2. The number of nitrogens with one attached hydrogen (secondary N) is 2. The van der Waals surface area contributed by atoms with Gasteiger partial charge in [-0.05, 0) is 92.9 Å². The number of piperidine rings is 2. The van der Waals surface area contributed by atoms with Crippen molar-refractivity contribution in [2.24, 2.45) is 11.7 Å². The van der Waals surface area contributed by atoms with Crippen LogP contribution in [0.5, 0.6) is 0 Å². The Morgan fingerprint density at radius 3 is 2.35 bits per heavy atom. The number of anilines is 4. The van der Waals surface area contributed by atoms with E-state index in [1.54, 1.807) is 18.3 Å². The van der Waals surface area contributed by atoms with Crippen LogP contribution in [0.3, 0.4) is 0 Å². The average Bonchev–Trinajstić information content (AvgIpc) is 3.66. The molecule has 0 aliphatic carbocycles. The fraction of sp³-hybridized carbons (Fsp3) is 0.432. The zero-order chi connectivity index (χ0) is 35.2.